The van der Waals surface area contributed by atoms with Crippen molar-refractivity contribution in [1.82, 2.24) is 0 Å². The molecule has 0 aliphatic heterocycles. The normalized spacial score (nSPS) is 34.2. The lowest BCUT2D eigenvalue weighted by molar-refractivity contribution is -0.168. The van der Waals surface area contributed by atoms with Crippen molar-refractivity contribution >= 4 is 5.97 Å². The van der Waals surface area contributed by atoms with Crippen molar-refractivity contribution in [2.24, 2.45) is 23.7 Å². The van der Waals surface area contributed by atoms with Crippen molar-refractivity contribution in [1.29, 1.82) is 0 Å². The van der Waals surface area contributed by atoms with Crippen molar-refractivity contribution in [3.8, 4) is 0 Å². The molecule has 3 unspecified atom stereocenters. The number of carbonyl (C=O) groups excluding carboxylic acids is 1. The van der Waals surface area contributed by atoms with Gasteiger partial charge in [-0.25, -0.2) is 0 Å². The molecule has 0 aromatic carbocycles. The van der Waals surface area contributed by atoms with Crippen molar-refractivity contribution in [3.05, 3.63) is 12.2 Å². The standard InChI is InChI=1S/C18H28O2/c1-18(2,15-7-5-3-4-6-8-15)20-17(19)16-12-13-9-10-14(16)11-13/h9-10,13-16H,3-8,11-12H2,1-2H3. The number of esters is 1. The minimum absolute atomic E-state index is 0.0658. The molecule has 3 aliphatic carbocycles. The molecule has 3 aliphatic rings. The maximum Gasteiger partial charge on any atom is 0.310 e. The zero-order chi connectivity index (χ0) is 14.2. The van der Waals surface area contributed by atoms with E-state index >= 15 is 0 Å². The van der Waals surface area contributed by atoms with Crippen LogP contribution in [0.15, 0.2) is 12.2 Å². The minimum Gasteiger partial charge on any atom is -0.459 e. The molecule has 2 fully saturated rings. The molecule has 0 amide bonds. The van der Waals surface area contributed by atoms with Gasteiger partial charge in [0.1, 0.15) is 5.60 Å². The van der Waals surface area contributed by atoms with E-state index in [0.29, 0.717) is 17.8 Å². The van der Waals surface area contributed by atoms with E-state index in [0.717, 1.165) is 6.42 Å². The third-order valence-corrected chi connectivity index (χ3v) is 5.78. The van der Waals surface area contributed by atoms with Gasteiger partial charge in [0.15, 0.2) is 0 Å². The Morgan fingerprint density at radius 1 is 1.05 bits per heavy atom. The number of hydrogen-bond donors (Lipinski definition) is 0. The Hall–Kier alpha value is -0.790. The van der Waals surface area contributed by atoms with Gasteiger partial charge >= 0.3 is 5.97 Å². The predicted molar refractivity (Wildman–Crippen MR) is 80.2 cm³/mol. The molecule has 2 nitrogen and oxygen atoms in total. The summed E-state index contributed by atoms with van der Waals surface area (Å²) in [6.45, 7) is 4.26. The predicted octanol–water partition coefficient (Wildman–Crippen LogP) is 4.49. The van der Waals surface area contributed by atoms with Gasteiger partial charge in [-0.1, -0.05) is 37.8 Å². The molecule has 3 rings (SSSR count). The quantitative estimate of drug-likeness (QED) is 0.431. The SMILES string of the molecule is CC(C)(OC(=O)C1CC2C=CC1C2)C1CCCCCC1. The Balaban J connectivity index is 1.60. The van der Waals surface area contributed by atoms with Crippen molar-refractivity contribution in [2.45, 2.75) is 70.8 Å². The van der Waals surface area contributed by atoms with Gasteiger partial charge in [-0.15, -0.1) is 0 Å². The van der Waals surface area contributed by atoms with Crippen LogP contribution in [0.1, 0.15) is 65.2 Å². The first kappa shape index (κ1) is 14.2. The van der Waals surface area contributed by atoms with E-state index in [-0.39, 0.29) is 17.5 Å². The highest BCUT2D eigenvalue weighted by Crippen LogP contribution is 2.45. The molecule has 0 radical (unpaired) electrons. The van der Waals surface area contributed by atoms with Gasteiger partial charge in [0, 0.05) is 0 Å². The monoisotopic (exact) mass is 276 g/mol. The zero-order valence-electron chi connectivity index (χ0n) is 12.9. The van der Waals surface area contributed by atoms with Crippen LogP contribution in [0.3, 0.4) is 0 Å². The van der Waals surface area contributed by atoms with Crippen LogP contribution in [0.4, 0.5) is 0 Å². The van der Waals surface area contributed by atoms with Gasteiger partial charge in [-0.05, 0) is 57.3 Å². The van der Waals surface area contributed by atoms with Gasteiger partial charge in [0.25, 0.3) is 0 Å². The molecule has 0 aromatic heterocycles. The number of rotatable bonds is 3. The number of hydrogen-bond acceptors (Lipinski definition) is 2. The van der Waals surface area contributed by atoms with Gasteiger partial charge < -0.3 is 4.74 Å². The molecule has 0 saturated heterocycles. The second-order valence-electron chi connectivity index (χ2n) is 7.60. The molecule has 20 heavy (non-hydrogen) atoms. The average molecular weight is 276 g/mol. The Bertz CT molecular complexity index is 388. The summed E-state index contributed by atoms with van der Waals surface area (Å²) < 4.78 is 6.00. The second-order valence-corrected chi connectivity index (χ2v) is 7.60. The molecule has 0 spiro atoms. The first-order chi connectivity index (χ1) is 9.56. The van der Waals surface area contributed by atoms with Crippen LogP contribution in [-0.2, 0) is 9.53 Å². The summed E-state index contributed by atoms with van der Waals surface area (Å²) in [6.07, 6.45) is 14.4. The molecule has 0 N–H and O–H groups in total. The Labute approximate surface area is 123 Å². The molecule has 112 valence electrons. The second kappa shape index (κ2) is 5.54. The van der Waals surface area contributed by atoms with Crippen LogP contribution >= 0.6 is 0 Å². The summed E-state index contributed by atoms with van der Waals surface area (Å²) in [5.41, 5.74) is -0.285. The summed E-state index contributed by atoms with van der Waals surface area (Å²) in [5.74, 6) is 1.84. The molecule has 2 saturated carbocycles. The lowest BCUT2D eigenvalue weighted by Gasteiger charge is -2.35. The van der Waals surface area contributed by atoms with E-state index in [1.54, 1.807) is 0 Å². The summed E-state index contributed by atoms with van der Waals surface area (Å²) >= 11 is 0. The van der Waals surface area contributed by atoms with E-state index in [2.05, 4.69) is 26.0 Å². The van der Waals surface area contributed by atoms with Crippen molar-refractivity contribution < 1.29 is 9.53 Å². The molecular formula is C18H28O2. The van der Waals surface area contributed by atoms with E-state index in [4.69, 9.17) is 4.74 Å². The fourth-order valence-corrected chi connectivity index (χ4v) is 4.44. The van der Waals surface area contributed by atoms with Gasteiger partial charge in [-0.2, -0.15) is 0 Å². The largest absolute Gasteiger partial charge is 0.459 e. The van der Waals surface area contributed by atoms with E-state index in [1.807, 2.05) is 0 Å². The summed E-state index contributed by atoms with van der Waals surface area (Å²) in [5, 5.41) is 0. The molecule has 2 heteroatoms. The average Bonchev–Trinajstić information content (AvgIpc) is 2.91. The Morgan fingerprint density at radius 2 is 1.75 bits per heavy atom. The highest BCUT2D eigenvalue weighted by molar-refractivity contribution is 5.74. The summed E-state index contributed by atoms with van der Waals surface area (Å²) in [6, 6.07) is 0. The molecule has 0 heterocycles. The lowest BCUT2D eigenvalue weighted by Crippen LogP contribution is -2.39. The van der Waals surface area contributed by atoms with Crippen LogP contribution in [0.2, 0.25) is 0 Å². The van der Waals surface area contributed by atoms with Crippen LogP contribution in [0, 0.1) is 23.7 Å². The van der Waals surface area contributed by atoms with Crippen LogP contribution < -0.4 is 0 Å². The van der Waals surface area contributed by atoms with Gasteiger partial charge in [0.2, 0.25) is 0 Å². The topological polar surface area (TPSA) is 26.3 Å². The number of fused-ring (bicyclic) bond motifs is 2. The highest BCUT2D eigenvalue weighted by Gasteiger charge is 2.43. The lowest BCUT2D eigenvalue weighted by atomic mass is 9.84. The Kier molecular flexibility index (Phi) is 3.92. The van der Waals surface area contributed by atoms with Crippen LogP contribution in [-0.4, -0.2) is 11.6 Å². The first-order valence-corrected chi connectivity index (χ1v) is 8.47. The van der Waals surface area contributed by atoms with Gasteiger partial charge in [-0.3, -0.25) is 4.79 Å². The Morgan fingerprint density at radius 3 is 2.30 bits per heavy atom. The first-order valence-electron chi connectivity index (χ1n) is 8.47. The summed E-state index contributed by atoms with van der Waals surface area (Å²) in [7, 11) is 0. The van der Waals surface area contributed by atoms with Crippen LogP contribution in [0.25, 0.3) is 0 Å². The third-order valence-electron chi connectivity index (χ3n) is 5.78. The molecule has 0 aromatic rings. The number of ether oxygens (including phenoxy) is 1. The molecule has 3 atom stereocenters. The van der Waals surface area contributed by atoms with E-state index < -0.39 is 0 Å². The fourth-order valence-electron chi connectivity index (χ4n) is 4.44. The minimum atomic E-state index is -0.285. The van der Waals surface area contributed by atoms with E-state index in [9.17, 15) is 4.79 Å². The number of carbonyl (C=O) groups is 1. The smallest absolute Gasteiger partial charge is 0.310 e. The molecular weight excluding hydrogens is 248 g/mol. The third kappa shape index (κ3) is 2.80. The van der Waals surface area contributed by atoms with Gasteiger partial charge in [0.05, 0.1) is 5.92 Å². The fraction of sp³-hybridized carbons (Fsp3) is 0.833. The highest BCUT2D eigenvalue weighted by atomic mass is 16.6. The maximum absolute atomic E-state index is 12.5. The van der Waals surface area contributed by atoms with Crippen LogP contribution in [0.5, 0.6) is 0 Å². The maximum atomic E-state index is 12.5. The van der Waals surface area contributed by atoms with Crippen molar-refractivity contribution in [3.63, 3.8) is 0 Å². The number of allylic oxidation sites excluding steroid dienone is 2. The van der Waals surface area contributed by atoms with Crippen molar-refractivity contribution in [2.75, 3.05) is 0 Å². The summed E-state index contributed by atoms with van der Waals surface area (Å²) in [4.78, 5) is 12.5. The molecule has 2 bridgehead atoms. The van der Waals surface area contributed by atoms with E-state index in [1.165, 1.54) is 44.9 Å². The zero-order valence-corrected chi connectivity index (χ0v) is 12.9.